The van der Waals surface area contributed by atoms with Gasteiger partial charge in [0.15, 0.2) is 0 Å². The van der Waals surface area contributed by atoms with Crippen molar-refractivity contribution in [2.45, 2.75) is 19.9 Å². The molecule has 0 fully saturated rings. The second-order valence-corrected chi connectivity index (χ2v) is 12.7. The lowest BCUT2D eigenvalue weighted by Gasteiger charge is -2.25. The fourth-order valence-corrected chi connectivity index (χ4v) is 7.63. The minimum Gasteiger partial charge on any atom is -0.354 e. The second kappa shape index (κ2) is 10.9. The van der Waals surface area contributed by atoms with Gasteiger partial charge < -0.3 is 9.55 Å². The smallest absolute Gasteiger partial charge is 0.0845 e. The monoisotopic (exact) mass is 602 g/mol. The Bertz CT molecular complexity index is 2510. The van der Waals surface area contributed by atoms with Crippen LogP contribution in [0.15, 0.2) is 158 Å². The number of H-pyrrole nitrogens is 1. The average molecular weight is 603 g/mol. The van der Waals surface area contributed by atoms with E-state index in [1.165, 1.54) is 82.6 Å². The first-order valence-corrected chi connectivity index (χ1v) is 16.4. The molecule has 0 saturated carbocycles. The van der Waals surface area contributed by atoms with Gasteiger partial charge in [0.1, 0.15) is 0 Å². The molecule has 2 heteroatoms. The Morgan fingerprint density at radius 3 is 1.60 bits per heavy atom. The minimum absolute atomic E-state index is 0.0447. The molecule has 7 aromatic carbocycles. The van der Waals surface area contributed by atoms with Gasteiger partial charge >= 0.3 is 0 Å². The molecular formula is C45H34N2. The third-order valence-corrected chi connectivity index (χ3v) is 9.77. The highest BCUT2D eigenvalue weighted by Gasteiger charge is 2.29. The zero-order valence-electron chi connectivity index (χ0n) is 26.5. The first-order chi connectivity index (χ1) is 23.2. The van der Waals surface area contributed by atoms with E-state index in [1.807, 2.05) is 0 Å². The molecule has 0 atom stereocenters. The summed E-state index contributed by atoms with van der Waals surface area (Å²) < 4.78 is 2.62. The highest BCUT2D eigenvalue weighted by atomic mass is 15.0. The van der Waals surface area contributed by atoms with Crippen LogP contribution in [0.1, 0.15) is 28.3 Å². The predicted molar refractivity (Wildman–Crippen MR) is 199 cm³/mol. The molecule has 9 rings (SSSR count). The molecule has 2 nitrogen and oxygen atoms in total. The van der Waals surface area contributed by atoms with Crippen molar-refractivity contribution in [3.05, 3.63) is 180 Å². The van der Waals surface area contributed by atoms with E-state index < -0.39 is 0 Å². The van der Waals surface area contributed by atoms with E-state index in [-0.39, 0.29) is 6.04 Å². The van der Waals surface area contributed by atoms with Crippen LogP contribution in [-0.4, -0.2) is 9.55 Å². The van der Waals surface area contributed by atoms with Crippen LogP contribution in [0.4, 0.5) is 0 Å². The normalized spacial score (nSPS) is 11.8. The number of nitrogens with one attached hydrogen (secondary N) is 1. The fourth-order valence-electron chi connectivity index (χ4n) is 7.63. The van der Waals surface area contributed by atoms with E-state index in [0.29, 0.717) is 0 Å². The van der Waals surface area contributed by atoms with Gasteiger partial charge in [0.05, 0.1) is 22.6 Å². The molecule has 47 heavy (non-hydrogen) atoms. The maximum atomic E-state index is 3.94. The molecule has 0 radical (unpaired) electrons. The molecule has 0 aliphatic carbocycles. The summed E-state index contributed by atoms with van der Waals surface area (Å²) in [6, 6.07) is 57.8. The fraction of sp³-hybridized carbons (Fsp3) is 0.0667. The lowest BCUT2D eigenvalue weighted by Crippen LogP contribution is -2.13. The molecule has 0 saturated heterocycles. The Labute approximate surface area is 274 Å². The van der Waals surface area contributed by atoms with Gasteiger partial charge in [0.25, 0.3) is 0 Å². The topological polar surface area (TPSA) is 20.7 Å². The van der Waals surface area contributed by atoms with Gasteiger partial charge in [-0.2, -0.15) is 0 Å². The lowest BCUT2D eigenvalue weighted by atomic mass is 9.87. The molecule has 1 N–H and O–H groups in total. The van der Waals surface area contributed by atoms with E-state index >= 15 is 0 Å². The number of para-hydroxylation sites is 2. The summed E-state index contributed by atoms with van der Waals surface area (Å²) in [4.78, 5) is 3.94. The Morgan fingerprint density at radius 2 is 0.979 bits per heavy atom. The Hall–Kier alpha value is -5.86. The van der Waals surface area contributed by atoms with Crippen LogP contribution in [0, 0.1) is 13.8 Å². The summed E-state index contributed by atoms with van der Waals surface area (Å²) in [5.74, 6) is 0. The van der Waals surface area contributed by atoms with Gasteiger partial charge in [0, 0.05) is 38.2 Å². The molecule has 0 aliphatic rings. The molecule has 0 bridgehead atoms. The summed E-state index contributed by atoms with van der Waals surface area (Å²) >= 11 is 0. The Balaban J connectivity index is 1.59. The number of aromatic amines is 1. The van der Waals surface area contributed by atoms with E-state index in [4.69, 9.17) is 0 Å². The van der Waals surface area contributed by atoms with Crippen molar-refractivity contribution in [1.82, 2.24) is 9.55 Å². The van der Waals surface area contributed by atoms with Crippen molar-refractivity contribution in [2.24, 2.45) is 0 Å². The van der Waals surface area contributed by atoms with Crippen LogP contribution in [0.2, 0.25) is 0 Å². The number of benzene rings is 7. The zero-order chi connectivity index (χ0) is 31.5. The maximum absolute atomic E-state index is 3.94. The number of aryl methyl sites for hydroxylation is 2. The summed E-state index contributed by atoms with van der Waals surface area (Å²) in [5, 5.41) is 5.02. The van der Waals surface area contributed by atoms with E-state index in [0.717, 1.165) is 5.52 Å². The molecule has 9 aromatic rings. The molecule has 0 unspecified atom stereocenters. The summed E-state index contributed by atoms with van der Waals surface area (Å²) in [5.41, 5.74) is 14.8. The maximum Gasteiger partial charge on any atom is 0.0845 e. The number of rotatable bonds is 5. The van der Waals surface area contributed by atoms with Gasteiger partial charge in [-0.3, -0.25) is 0 Å². The van der Waals surface area contributed by atoms with Crippen molar-refractivity contribution < 1.29 is 0 Å². The van der Waals surface area contributed by atoms with Crippen LogP contribution in [0.3, 0.4) is 0 Å². The van der Waals surface area contributed by atoms with Crippen LogP contribution in [0.5, 0.6) is 0 Å². The highest BCUT2D eigenvalue weighted by Crippen LogP contribution is 2.51. The molecule has 224 valence electrons. The Morgan fingerprint density at radius 1 is 0.468 bits per heavy atom. The van der Waals surface area contributed by atoms with Crippen LogP contribution in [0.25, 0.3) is 65.9 Å². The Kier molecular flexibility index (Phi) is 6.36. The molecule has 2 aromatic heterocycles. The third-order valence-electron chi connectivity index (χ3n) is 9.77. The number of hydrogen-bond acceptors (Lipinski definition) is 0. The zero-order valence-corrected chi connectivity index (χ0v) is 26.5. The van der Waals surface area contributed by atoms with Gasteiger partial charge in [-0.15, -0.1) is 0 Å². The number of hydrogen-bond donors (Lipinski definition) is 1. The van der Waals surface area contributed by atoms with E-state index in [9.17, 15) is 0 Å². The minimum atomic E-state index is -0.0447. The second-order valence-electron chi connectivity index (χ2n) is 12.7. The van der Waals surface area contributed by atoms with Crippen LogP contribution < -0.4 is 0 Å². The van der Waals surface area contributed by atoms with Crippen molar-refractivity contribution in [1.29, 1.82) is 0 Å². The first-order valence-electron chi connectivity index (χ1n) is 16.4. The highest BCUT2D eigenvalue weighted by molar-refractivity contribution is 6.33. The van der Waals surface area contributed by atoms with Gasteiger partial charge in [-0.1, -0.05) is 157 Å². The number of fused-ring (bicyclic) bond motifs is 7. The lowest BCUT2D eigenvalue weighted by molar-refractivity contribution is 0.728. The van der Waals surface area contributed by atoms with Gasteiger partial charge in [-0.05, 0) is 48.2 Å². The van der Waals surface area contributed by atoms with Crippen LogP contribution in [-0.2, 0) is 0 Å². The van der Waals surface area contributed by atoms with Crippen LogP contribution >= 0.6 is 0 Å². The summed E-state index contributed by atoms with van der Waals surface area (Å²) in [6.45, 7) is 4.33. The molecule has 2 heterocycles. The summed E-state index contributed by atoms with van der Waals surface area (Å²) in [7, 11) is 0. The average Bonchev–Trinajstić information content (AvgIpc) is 3.66. The third kappa shape index (κ3) is 4.33. The number of aromatic nitrogens is 2. The van der Waals surface area contributed by atoms with Gasteiger partial charge in [-0.25, -0.2) is 0 Å². The molecule has 0 amide bonds. The molecular weight excluding hydrogens is 569 g/mol. The molecule has 0 spiro atoms. The van der Waals surface area contributed by atoms with E-state index in [1.54, 1.807) is 0 Å². The summed E-state index contributed by atoms with van der Waals surface area (Å²) in [6.07, 6.45) is 0. The quantitative estimate of drug-likeness (QED) is 0.202. The molecule has 0 aliphatic heterocycles. The SMILES string of the molecule is Cc1ccc(-c2c(-c3ccc(C)cc3)c3c(c4ccccc4n3C(c3ccccc3)c3ccccc3)c3[nH]c4ccccc4c23)cc1. The standard InChI is InChI=1S/C45H34N2/c1-29-21-25-31(26-22-29)39-40(32-27-23-30(2)24-28-32)45-42(43-41(39)35-17-9-11-19-37(35)46-43)36-18-10-12-20-38(36)47(45)44(33-13-5-3-6-14-33)34-15-7-4-8-16-34/h3-28,44,46H,1-2H3. The van der Waals surface area contributed by atoms with E-state index in [2.05, 4.69) is 181 Å². The van der Waals surface area contributed by atoms with Gasteiger partial charge in [0.2, 0.25) is 0 Å². The van der Waals surface area contributed by atoms with Crippen molar-refractivity contribution >= 4 is 43.6 Å². The predicted octanol–water partition coefficient (Wildman–Crippen LogP) is 12.0. The largest absolute Gasteiger partial charge is 0.354 e. The number of nitrogens with zero attached hydrogens (tertiary/aromatic N) is 1. The van der Waals surface area contributed by atoms with Crippen molar-refractivity contribution in [3.8, 4) is 22.3 Å². The first kappa shape index (κ1) is 27.5. The van der Waals surface area contributed by atoms with Crippen molar-refractivity contribution in [2.75, 3.05) is 0 Å². The van der Waals surface area contributed by atoms with Crippen molar-refractivity contribution in [3.63, 3.8) is 0 Å².